The summed E-state index contributed by atoms with van der Waals surface area (Å²) in [6, 6.07) is 12.7. The summed E-state index contributed by atoms with van der Waals surface area (Å²) >= 11 is 0. The Labute approximate surface area is 194 Å². The third-order valence-electron chi connectivity index (χ3n) is 6.39. The van der Waals surface area contributed by atoms with E-state index in [0.717, 1.165) is 41.5 Å². The highest BCUT2D eigenvalue weighted by atomic mass is 16.7. The van der Waals surface area contributed by atoms with Gasteiger partial charge < -0.3 is 9.47 Å². The van der Waals surface area contributed by atoms with Crippen LogP contribution in [0.3, 0.4) is 0 Å². The second kappa shape index (κ2) is 11.7. The molecule has 0 aliphatic heterocycles. The summed E-state index contributed by atoms with van der Waals surface area (Å²) in [6.45, 7) is 13.2. The van der Waals surface area contributed by atoms with Gasteiger partial charge in [0.15, 0.2) is 5.75 Å². The molecule has 1 aromatic heterocycles. The van der Waals surface area contributed by atoms with E-state index in [9.17, 15) is 0 Å². The third kappa shape index (κ3) is 6.46. The normalized spacial score (nSPS) is 19.0. The molecule has 1 aliphatic carbocycles. The fraction of sp³-hybridized carbons (Fsp3) is 0.593. The molecule has 0 spiro atoms. The topological polar surface area (TPSA) is 43.8 Å². The molecule has 0 atom stereocenters. The molecule has 5 nitrogen and oxygen atoms in total. The first kappa shape index (κ1) is 24.5. The molecule has 1 saturated carbocycles. The van der Waals surface area contributed by atoms with Crippen molar-refractivity contribution in [3.8, 4) is 5.75 Å². The van der Waals surface area contributed by atoms with Crippen LogP contribution >= 0.6 is 0 Å². The Morgan fingerprint density at radius 2 is 1.66 bits per heavy atom. The van der Waals surface area contributed by atoms with E-state index in [1.807, 2.05) is 32.2 Å². The molecule has 0 N–H and O–H groups in total. The number of rotatable bonds is 10. The number of hydroxylamine groups is 1. The maximum Gasteiger partial charge on any atom is 0.168 e. The number of ether oxygens (including phenoxy) is 2. The summed E-state index contributed by atoms with van der Waals surface area (Å²) in [5, 5.41) is 2.11. The van der Waals surface area contributed by atoms with Gasteiger partial charge in [-0.15, -0.1) is 0 Å². The van der Waals surface area contributed by atoms with Gasteiger partial charge in [0, 0.05) is 12.8 Å². The van der Waals surface area contributed by atoms with Gasteiger partial charge in [-0.05, 0) is 62.5 Å². The molecule has 32 heavy (non-hydrogen) atoms. The largest absolute Gasteiger partial charge is 0.490 e. The Bertz CT molecular complexity index is 811. The highest BCUT2D eigenvalue weighted by molar-refractivity contribution is 5.59. The Hall–Kier alpha value is -2.11. The van der Waals surface area contributed by atoms with Crippen molar-refractivity contribution in [3.05, 3.63) is 53.9 Å². The average Bonchev–Trinajstić information content (AvgIpc) is 2.79. The van der Waals surface area contributed by atoms with Crippen LogP contribution < -0.4 is 9.80 Å². The molecule has 0 amide bonds. The molecule has 1 heterocycles. The van der Waals surface area contributed by atoms with Gasteiger partial charge in [0.1, 0.15) is 11.4 Å². The first-order valence-corrected chi connectivity index (χ1v) is 12.1. The lowest BCUT2D eigenvalue weighted by molar-refractivity contribution is 0.0490. The number of pyridine rings is 1. The van der Waals surface area contributed by atoms with Crippen LogP contribution in [-0.4, -0.2) is 24.2 Å². The number of hydrogen-bond donors (Lipinski definition) is 0. The van der Waals surface area contributed by atoms with Crippen molar-refractivity contribution in [3.63, 3.8) is 0 Å². The van der Waals surface area contributed by atoms with E-state index in [0.29, 0.717) is 37.9 Å². The fourth-order valence-electron chi connectivity index (χ4n) is 4.52. The zero-order valence-corrected chi connectivity index (χ0v) is 20.5. The molecule has 0 unspecified atom stereocenters. The zero-order chi connectivity index (χ0) is 23.0. The smallest absolute Gasteiger partial charge is 0.168 e. The maximum atomic E-state index is 6.51. The Kier molecular flexibility index (Phi) is 8.94. The van der Waals surface area contributed by atoms with E-state index < -0.39 is 0 Å². The van der Waals surface area contributed by atoms with Crippen LogP contribution in [0.4, 0.5) is 5.69 Å². The lowest BCUT2D eigenvalue weighted by Gasteiger charge is -2.41. The highest BCUT2D eigenvalue weighted by Gasteiger charge is 2.34. The number of aromatic nitrogens is 1. The molecule has 0 bridgehead atoms. The molecule has 1 aliphatic rings. The first-order valence-electron chi connectivity index (χ1n) is 12.1. The Morgan fingerprint density at radius 1 is 0.938 bits per heavy atom. The van der Waals surface area contributed by atoms with Crippen LogP contribution in [0.2, 0.25) is 0 Å². The van der Waals surface area contributed by atoms with Crippen molar-refractivity contribution in [1.29, 1.82) is 0 Å². The third-order valence-corrected chi connectivity index (χ3v) is 6.39. The summed E-state index contributed by atoms with van der Waals surface area (Å²) in [4.78, 5) is 11.1. The number of hydrogen-bond acceptors (Lipinski definition) is 5. The Morgan fingerprint density at radius 3 is 2.28 bits per heavy atom. The molecule has 5 heteroatoms. The zero-order valence-electron chi connectivity index (χ0n) is 20.5. The summed E-state index contributed by atoms with van der Waals surface area (Å²) in [7, 11) is 0. The summed E-state index contributed by atoms with van der Waals surface area (Å²) < 4.78 is 11.8. The molecule has 3 rings (SSSR count). The van der Waals surface area contributed by atoms with Crippen LogP contribution in [0.25, 0.3) is 0 Å². The van der Waals surface area contributed by atoms with Crippen molar-refractivity contribution in [2.24, 2.45) is 11.3 Å². The standard InChI is InChI=1S/C27H40N2O3/c1-6-30-20-24-26(31-7-2)25(17-18-28-24)29(32-19-21-11-9-8-10-12-21)23-15-13-22(14-16-23)27(3,4)5/h8-12,17-18,22-23H,6-7,13-16,19-20H2,1-5H3. The van der Waals surface area contributed by atoms with Crippen LogP contribution in [0, 0.1) is 11.3 Å². The molecule has 1 fully saturated rings. The molecule has 1 aromatic carbocycles. The minimum absolute atomic E-state index is 0.305. The minimum Gasteiger partial charge on any atom is -0.490 e. The van der Waals surface area contributed by atoms with Crippen LogP contribution in [0.5, 0.6) is 5.75 Å². The van der Waals surface area contributed by atoms with Gasteiger partial charge in [-0.1, -0.05) is 51.1 Å². The second-order valence-electron chi connectivity index (χ2n) is 9.63. The first-order chi connectivity index (χ1) is 15.4. The van der Waals surface area contributed by atoms with Gasteiger partial charge >= 0.3 is 0 Å². The predicted octanol–water partition coefficient (Wildman–Crippen LogP) is 6.56. The van der Waals surface area contributed by atoms with E-state index in [4.69, 9.17) is 14.3 Å². The number of anilines is 1. The average molecular weight is 441 g/mol. The van der Waals surface area contributed by atoms with Gasteiger partial charge in [-0.25, -0.2) is 5.06 Å². The lowest BCUT2D eigenvalue weighted by atomic mass is 9.71. The fourth-order valence-corrected chi connectivity index (χ4v) is 4.52. The minimum atomic E-state index is 0.305. The molecular formula is C27H40N2O3. The predicted molar refractivity (Wildman–Crippen MR) is 130 cm³/mol. The molecule has 176 valence electrons. The van der Waals surface area contributed by atoms with Crippen molar-refractivity contribution < 1.29 is 14.3 Å². The van der Waals surface area contributed by atoms with E-state index in [-0.39, 0.29) is 0 Å². The van der Waals surface area contributed by atoms with Crippen molar-refractivity contribution in [2.45, 2.75) is 79.6 Å². The summed E-state index contributed by atoms with van der Waals surface area (Å²) in [5.41, 5.74) is 3.27. The Balaban J connectivity index is 1.88. The summed E-state index contributed by atoms with van der Waals surface area (Å²) in [5.74, 6) is 1.52. The maximum absolute atomic E-state index is 6.51. The van der Waals surface area contributed by atoms with E-state index in [1.54, 1.807) is 0 Å². The van der Waals surface area contributed by atoms with Crippen molar-refractivity contribution in [2.75, 3.05) is 18.3 Å². The van der Waals surface area contributed by atoms with Gasteiger partial charge in [0.2, 0.25) is 0 Å². The molecule has 0 saturated heterocycles. The highest BCUT2D eigenvalue weighted by Crippen LogP contribution is 2.42. The van der Waals surface area contributed by atoms with Gasteiger partial charge in [-0.2, -0.15) is 0 Å². The van der Waals surface area contributed by atoms with Crippen molar-refractivity contribution >= 4 is 5.69 Å². The van der Waals surface area contributed by atoms with Crippen molar-refractivity contribution in [1.82, 2.24) is 4.98 Å². The SMILES string of the molecule is CCOCc1nccc(N(OCc2ccccc2)C2CCC(C(C)(C)C)CC2)c1OCC. The molecule has 0 radical (unpaired) electrons. The van der Waals surface area contributed by atoms with E-state index >= 15 is 0 Å². The van der Waals surface area contributed by atoms with Crippen LogP contribution in [-0.2, 0) is 22.8 Å². The second-order valence-corrected chi connectivity index (χ2v) is 9.63. The van der Waals surface area contributed by atoms with E-state index in [1.165, 1.54) is 12.8 Å². The summed E-state index contributed by atoms with van der Waals surface area (Å²) in [6.07, 6.45) is 6.46. The monoisotopic (exact) mass is 440 g/mol. The lowest BCUT2D eigenvalue weighted by Crippen LogP contribution is -2.40. The van der Waals surface area contributed by atoms with Crippen LogP contribution in [0.15, 0.2) is 42.6 Å². The molecular weight excluding hydrogens is 400 g/mol. The van der Waals surface area contributed by atoms with E-state index in [2.05, 4.69) is 55.1 Å². The van der Waals surface area contributed by atoms with Gasteiger partial charge in [-0.3, -0.25) is 9.82 Å². The van der Waals surface area contributed by atoms with Crippen LogP contribution in [0.1, 0.15) is 71.6 Å². The van der Waals surface area contributed by atoms with Gasteiger partial charge in [0.05, 0.1) is 25.9 Å². The quantitative estimate of drug-likeness (QED) is 0.391. The number of nitrogens with zero attached hydrogens (tertiary/aromatic N) is 2. The van der Waals surface area contributed by atoms with Gasteiger partial charge in [0.25, 0.3) is 0 Å². The number of benzene rings is 1. The molecule has 2 aromatic rings.